The average Bonchev–Trinajstić information content (AvgIpc) is 2.60. The summed E-state index contributed by atoms with van der Waals surface area (Å²) < 4.78 is 10.5. The van der Waals surface area contributed by atoms with Crippen LogP contribution in [0.1, 0.15) is 5.56 Å². The van der Waals surface area contributed by atoms with Gasteiger partial charge in [0.05, 0.1) is 18.1 Å². The van der Waals surface area contributed by atoms with Gasteiger partial charge in [-0.3, -0.25) is 10.1 Å². The van der Waals surface area contributed by atoms with E-state index < -0.39 is 11.0 Å². The van der Waals surface area contributed by atoms with Crippen molar-refractivity contribution < 1.29 is 19.5 Å². The molecule has 24 heavy (non-hydrogen) atoms. The first-order valence-electron chi connectivity index (χ1n) is 7.47. The number of methoxy groups -OCH3 is 1. The lowest BCUT2D eigenvalue weighted by Crippen LogP contribution is -2.31. The third-order valence-electron chi connectivity index (χ3n) is 3.31. The molecule has 7 heteroatoms. The minimum Gasteiger partial charge on any atom is -0.497 e. The van der Waals surface area contributed by atoms with E-state index in [0.717, 1.165) is 11.3 Å². The number of rotatable bonds is 9. The van der Waals surface area contributed by atoms with Crippen LogP contribution in [-0.2, 0) is 6.54 Å². The van der Waals surface area contributed by atoms with Crippen molar-refractivity contribution in [3.05, 3.63) is 64.2 Å². The predicted molar refractivity (Wildman–Crippen MR) is 89.3 cm³/mol. The molecule has 0 radical (unpaired) electrons. The molecule has 0 aromatic heterocycles. The highest BCUT2D eigenvalue weighted by Gasteiger charge is 2.09. The number of benzene rings is 2. The monoisotopic (exact) mass is 332 g/mol. The summed E-state index contributed by atoms with van der Waals surface area (Å²) in [5, 5.41) is 23.7. The van der Waals surface area contributed by atoms with E-state index in [2.05, 4.69) is 5.32 Å². The van der Waals surface area contributed by atoms with Crippen molar-refractivity contribution in [2.45, 2.75) is 12.6 Å². The normalized spacial score (nSPS) is 11.8. The van der Waals surface area contributed by atoms with Gasteiger partial charge in [-0.05, 0) is 23.8 Å². The maximum Gasteiger partial charge on any atom is 0.273 e. The summed E-state index contributed by atoms with van der Waals surface area (Å²) in [6.07, 6.45) is -0.727. The maximum atomic E-state index is 10.7. The molecule has 0 saturated heterocycles. The van der Waals surface area contributed by atoms with E-state index in [-0.39, 0.29) is 12.3 Å². The van der Waals surface area contributed by atoms with Gasteiger partial charge in [0.1, 0.15) is 24.2 Å². The topological polar surface area (TPSA) is 93.9 Å². The molecule has 2 rings (SSSR count). The van der Waals surface area contributed by atoms with Crippen LogP contribution in [0.4, 0.5) is 5.69 Å². The van der Waals surface area contributed by atoms with Crippen LogP contribution in [-0.4, -0.2) is 36.4 Å². The number of hydrogen-bond donors (Lipinski definition) is 2. The summed E-state index contributed by atoms with van der Waals surface area (Å²) in [6.45, 7) is 0.976. The van der Waals surface area contributed by atoms with Crippen molar-refractivity contribution in [3.63, 3.8) is 0 Å². The zero-order chi connectivity index (χ0) is 17.4. The number of nitrogens with zero attached hydrogens (tertiary/aromatic N) is 1. The highest BCUT2D eigenvalue weighted by atomic mass is 16.6. The fourth-order valence-electron chi connectivity index (χ4n) is 2.10. The lowest BCUT2D eigenvalue weighted by Gasteiger charge is -2.13. The molecule has 1 atom stereocenters. The van der Waals surface area contributed by atoms with Crippen LogP contribution >= 0.6 is 0 Å². The first kappa shape index (κ1) is 17.7. The predicted octanol–water partition coefficient (Wildman–Crippen LogP) is 2.13. The van der Waals surface area contributed by atoms with E-state index in [1.807, 2.05) is 24.3 Å². The van der Waals surface area contributed by atoms with Gasteiger partial charge in [-0.25, -0.2) is 0 Å². The summed E-state index contributed by atoms with van der Waals surface area (Å²) in [4.78, 5) is 10.2. The van der Waals surface area contributed by atoms with Gasteiger partial charge in [-0.2, -0.15) is 0 Å². The molecular formula is C17H20N2O5. The third-order valence-corrected chi connectivity index (χ3v) is 3.31. The lowest BCUT2D eigenvalue weighted by atomic mass is 10.2. The van der Waals surface area contributed by atoms with Gasteiger partial charge < -0.3 is 19.9 Å². The van der Waals surface area contributed by atoms with Gasteiger partial charge in [-0.1, -0.05) is 18.2 Å². The SMILES string of the molecule is COc1cccc(CNC[C@H](O)COc2cccc([N+](=O)[O-])c2)c1. The Hall–Kier alpha value is -2.64. The van der Waals surface area contributed by atoms with Crippen molar-refractivity contribution in [2.75, 3.05) is 20.3 Å². The van der Waals surface area contributed by atoms with E-state index in [1.165, 1.54) is 12.1 Å². The van der Waals surface area contributed by atoms with Crippen LogP contribution in [0.15, 0.2) is 48.5 Å². The third kappa shape index (κ3) is 5.53. The Morgan fingerprint density at radius 3 is 2.71 bits per heavy atom. The molecule has 0 aliphatic carbocycles. The van der Waals surface area contributed by atoms with Gasteiger partial charge in [-0.15, -0.1) is 0 Å². The summed E-state index contributed by atoms with van der Waals surface area (Å²) in [6, 6.07) is 13.5. The Morgan fingerprint density at radius 2 is 1.96 bits per heavy atom. The number of aliphatic hydroxyl groups excluding tert-OH is 1. The first-order valence-corrected chi connectivity index (χ1v) is 7.47. The van der Waals surface area contributed by atoms with Crippen molar-refractivity contribution in [3.8, 4) is 11.5 Å². The number of nitrogens with one attached hydrogen (secondary N) is 1. The van der Waals surface area contributed by atoms with Crippen LogP contribution in [0.5, 0.6) is 11.5 Å². The molecule has 128 valence electrons. The van der Waals surface area contributed by atoms with Crippen molar-refractivity contribution in [1.29, 1.82) is 0 Å². The van der Waals surface area contributed by atoms with Crippen LogP contribution in [0.2, 0.25) is 0 Å². The van der Waals surface area contributed by atoms with Crippen LogP contribution in [0.25, 0.3) is 0 Å². The Kier molecular flexibility index (Phi) is 6.53. The van der Waals surface area contributed by atoms with Gasteiger partial charge in [0.2, 0.25) is 0 Å². The van der Waals surface area contributed by atoms with E-state index in [1.54, 1.807) is 19.2 Å². The zero-order valence-corrected chi connectivity index (χ0v) is 13.3. The van der Waals surface area contributed by atoms with Crippen molar-refractivity contribution in [1.82, 2.24) is 5.32 Å². The maximum absolute atomic E-state index is 10.7. The lowest BCUT2D eigenvalue weighted by molar-refractivity contribution is -0.384. The largest absolute Gasteiger partial charge is 0.497 e. The highest BCUT2D eigenvalue weighted by molar-refractivity contribution is 5.37. The molecular weight excluding hydrogens is 312 g/mol. The minimum atomic E-state index is -0.727. The number of nitro benzene ring substituents is 1. The average molecular weight is 332 g/mol. The van der Waals surface area contributed by atoms with Gasteiger partial charge in [0.15, 0.2) is 0 Å². The van der Waals surface area contributed by atoms with E-state index >= 15 is 0 Å². The van der Waals surface area contributed by atoms with E-state index in [0.29, 0.717) is 18.8 Å². The molecule has 0 saturated carbocycles. The Morgan fingerprint density at radius 1 is 1.21 bits per heavy atom. The van der Waals surface area contributed by atoms with E-state index in [9.17, 15) is 15.2 Å². The molecule has 2 N–H and O–H groups in total. The van der Waals surface area contributed by atoms with Gasteiger partial charge >= 0.3 is 0 Å². The van der Waals surface area contributed by atoms with Crippen molar-refractivity contribution >= 4 is 5.69 Å². The molecule has 0 heterocycles. The molecule has 0 spiro atoms. The zero-order valence-electron chi connectivity index (χ0n) is 13.3. The second kappa shape index (κ2) is 8.85. The Balaban J connectivity index is 1.74. The first-order chi connectivity index (χ1) is 11.6. The summed E-state index contributed by atoms with van der Waals surface area (Å²) in [7, 11) is 1.61. The van der Waals surface area contributed by atoms with Crippen LogP contribution in [0.3, 0.4) is 0 Å². The fourth-order valence-corrected chi connectivity index (χ4v) is 2.10. The highest BCUT2D eigenvalue weighted by Crippen LogP contribution is 2.19. The molecule has 0 unspecified atom stereocenters. The molecule has 7 nitrogen and oxygen atoms in total. The van der Waals surface area contributed by atoms with Gasteiger partial charge in [0.25, 0.3) is 5.69 Å². The number of aliphatic hydroxyl groups is 1. The Labute approximate surface area is 140 Å². The van der Waals surface area contributed by atoms with Gasteiger partial charge in [0, 0.05) is 19.2 Å². The number of nitro groups is 1. The molecule has 0 bridgehead atoms. The molecule has 0 aliphatic heterocycles. The fraction of sp³-hybridized carbons (Fsp3) is 0.294. The summed E-state index contributed by atoms with van der Waals surface area (Å²) in [5.74, 6) is 1.14. The Bertz CT molecular complexity index is 678. The summed E-state index contributed by atoms with van der Waals surface area (Å²) in [5.41, 5.74) is 0.999. The second-order valence-corrected chi connectivity index (χ2v) is 5.20. The smallest absolute Gasteiger partial charge is 0.273 e. The molecule has 0 amide bonds. The van der Waals surface area contributed by atoms with Crippen LogP contribution < -0.4 is 14.8 Å². The standard InChI is InChI=1S/C17H20N2O5/c1-23-16-6-2-4-13(8-16)10-18-11-15(20)12-24-17-7-3-5-14(9-17)19(21)22/h2-9,15,18,20H,10-12H2,1H3/t15-/m0/s1. The van der Waals surface area contributed by atoms with E-state index in [4.69, 9.17) is 9.47 Å². The quantitative estimate of drug-likeness (QED) is 0.540. The van der Waals surface area contributed by atoms with Crippen molar-refractivity contribution in [2.24, 2.45) is 0 Å². The summed E-state index contributed by atoms with van der Waals surface area (Å²) >= 11 is 0. The molecule has 0 aliphatic rings. The molecule has 0 fully saturated rings. The van der Waals surface area contributed by atoms with Crippen LogP contribution in [0, 0.1) is 10.1 Å². The number of non-ortho nitro benzene ring substituents is 1. The molecule has 2 aromatic carbocycles. The second-order valence-electron chi connectivity index (χ2n) is 5.20. The molecule has 2 aromatic rings. The number of hydrogen-bond acceptors (Lipinski definition) is 6. The minimum absolute atomic E-state index is 0.0434. The number of ether oxygens (including phenoxy) is 2.